The highest BCUT2D eigenvalue weighted by Crippen LogP contribution is 2.38. The van der Waals surface area contributed by atoms with Crippen molar-refractivity contribution in [3.63, 3.8) is 0 Å². The van der Waals surface area contributed by atoms with Crippen LogP contribution in [0.15, 0.2) is 47.6 Å². The minimum absolute atomic E-state index is 0.0206. The number of amides is 1. The third-order valence-corrected chi connectivity index (χ3v) is 5.42. The predicted octanol–water partition coefficient (Wildman–Crippen LogP) is 5.78. The van der Waals surface area contributed by atoms with E-state index in [2.05, 4.69) is 61.3 Å². The van der Waals surface area contributed by atoms with Gasteiger partial charge in [0.15, 0.2) is 0 Å². The maximum atomic E-state index is 12.2. The number of halogens is 2. The summed E-state index contributed by atoms with van der Waals surface area (Å²) in [4.78, 5) is 14.6. The first-order valence-corrected chi connectivity index (χ1v) is 9.88. The maximum Gasteiger partial charge on any atom is 0.272 e. The number of anilines is 1. The lowest BCUT2D eigenvalue weighted by atomic mass is 9.88. The molecule has 1 aliphatic rings. The highest BCUT2D eigenvalue weighted by Gasteiger charge is 2.29. The van der Waals surface area contributed by atoms with Gasteiger partial charge in [-0.15, -0.1) is 0 Å². The van der Waals surface area contributed by atoms with Crippen molar-refractivity contribution in [1.29, 1.82) is 0 Å². The van der Waals surface area contributed by atoms with Gasteiger partial charge in [-0.25, -0.2) is 5.43 Å². The van der Waals surface area contributed by atoms with E-state index in [9.17, 15) is 4.79 Å². The summed E-state index contributed by atoms with van der Waals surface area (Å²) < 4.78 is 0. The van der Waals surface area contributed by atoms with E-state index in [-0.39, 0.29) is 16.5 Å². The van der Waals surface area contributed by atoms with E-state index in [0.717, 1.165) is 12.1 Å². The summed E-state index contributed by atoms with van der Waals surface area (Å²) in [6, 6.07) is 10.9. The van der Waals surface area contributed by atoms with E-state index >= 15 is 0 Å². The zero-order valence-electron chi connectivity index (χ0n) is 16.4. The normalized spacial score (nSPS) is 15.4. The highest BCUT2D eigenvalue weighted by molar-refractivity contribution is 6.36. The van der Waals surface area contributed by atoms with Crippen molar-refractivity contribution >= 4 is 46.6 Å². The average Bonchev–Trinajstić information content (AvgIpc) is 2.61. The summed E-state index contributed by atoms with van der Waals surface area (Å²) >= 11 is 11.9. The predicted molar refractivity (Wildman–Crippen MR) is 119 cm³/mol. The van der Waals surface area contributed by atoms with Crippen LogP contribution in [-0.2, 0) is 0 Å². The number of hydrogen-bond acceptors (Lipinski definition) is 3. The number of likely N-dealkylation sites (N-methyl/N-ethyl adjacent to an activating group) is 1. The van der Waals surface area contributed by atoms with Crippen LogP contribution in [0.3, 0.4) is 0 Å². The molecule has 2 aromatic carbocycles. The molecule has 1 aliphatic heterocycles. The number of allylic oxidation sites excluding steroid dienone is 1. The van der Waals surface area contributed by atoms with E-state index in [1.807, 2.05) is 6.07 Å². The molecule has 1 amide bonds. The molecule has 0 aromatic heterocycles. The molecular formula is C22H23Cl2N3O. The topological polar surface area (TPSA) is 44.7 Å². The molecule has 0 saturated carbocycles. The van der Waals surface area contributed by atoms with Gasteiger partial charge in [0.05, 0.1) is 22.3 Å². The average molecular weight is 416 g/mol. The van der Waals surface area contributed by atoms with Gasteiger partial charge in [-0.2, -0.15) is 5.10 Å². The summed E-state index contributed by atoms with van der Waals surface area (Å²) in [6.07, 6.45) is 3.91. The van der Waals surface area contributed by atoms with Crippen LogP contribution >= 0.6 is 23.2 Å². The molecule has 0 saturated heterocycles. The Hall–Kier alpha value is -2.30. The maximum absolute atomic E-state index is 12.2. The second kappa shape index (κ2) is 7.98. The summed E-state index contributed by atoms with van der Waals surface area (Å²) in [5, 5.41) is 4.84. The second-order valence-electron chi connectivity index (χ2n) is 7.33. The molecule has 1 heterocycles. The number of hydrogen-bond donors (Lipinski definition) is 1. The van der Waals surface area contributed by atoms with Crippen molar-refractivity contribution < 1.29 is 4.79 Å². The minimum Gasteiger partial charge on any atom is -0.363 e. The lowest BCUT2D eigenvalue weighted by Crippen LogP contribution is -2.44. The molecule has 3 rings (SSSR count). The van der Waals surface area contributed by atoms with Crippen molar-refractivity contribution in [1.82, 2.24) is 5.43 Å². The first-order chi connectivity index (χ1) is 13.2. The Morgan fingerprint density at radius 3 is 2.64 bits per heavy atom. The van der Waals surface area contributed by atoms with E-state index in [1.165, 1.54) is 22.9 Å². The molecule has 0 aliphatic carbocycles. The van der Waals surface area contributed by atoms with Crippen LogP contribution < -0.4 is 10.3 Å². The number of benzene rings is 2. The van der Waals surface area contributed by atoms with Gasteiger partial charge in [0.25, 0.3) is 5.91 Å². The fraction of sp³-hybridized carbons (Fsp3) is 0.273. The fourth-order valence-electron chi connectivity index (χ4n) is 3.66. The van der Waals surface area contributed by atoms with Gasteiger partial charge in [-0.1, -0.05) is 35.3 Å². The van der Waals surface area contributed by atoms with E-state index in [1.54, 1.807) is 18.3 Å². The number of fused-ring (bicyclic) bond motifs is 1. The molecule has 0 spiro atoms. The van der Waals surface area contributed by atoms with Gasteiger partial charge in [0.1, 0.15) is 0 Å². The first-order valence-electron chi connectivity index (χ1n) is 9.13. The van der Waals surface area contributed by atoms with Crippen molar-refractivity contribution in [3.05, 3.63) is 69.2 Å². The van der Waals surface area contributed by atoms with Crippen molar-refractivity contribution in [2.45, 2.75) is 33.2 Å². The summed E-state index contributed by atoms with van der Waals surface area (Å²) in [5.41, 5.74) is 7.34. The number of rotatable bonds is 4. The van der Waals surface area contributed by atoms with Crippen LogP contribution in [0.5, 0.6) is 0 Å². The summed E-state index contributed by atoms with van der Waals surface area (Å²) in [5.74, 6) is -0.383. The highest BCUT2D eigenvalue weighted by atomic mass is 35.5. The molecule has 146 valence electrons. The number of nitrogens with one attached hydrogen (secondary N) is 1. The summed E-state index contributed by atoms with van der Waals surface area (Å²) in [7, 11) is 0. The van der Waals surface area contributed by atoms with Gasteiger partial charge in [-0.05, 0) is 69.2 Å². The lowest BCUT2D eigenvalue weighted by Gasteiger charge is -2.42. The van der Waals surface area contributed by atoms with Crippen molar-refractivity contribution in [3.8, 4) is 0 Å². The molecule has 28 heavy (non-hydrogen) atoms. The standard InChI is InChI=1S/C22H23Cl2N3O/c1-5-27-20-9-6-15(10-18(20)14(2)12-22(27,3)4)13-25-26-21(28)17-8-7-16(23)11-19(17)24/h6-13H,5H2,1-4H3,(H,26,28)/b25-13-. The third kappa shape index (κ3) is 4.08. The molecule has 0 fully saturated rings. The molecule has 0 atom stereocenters. The van der Waals surface area contributed by atoms with E-state index in [4.69, 9.17) is 23.2 Å². The third-order valence-electron chi connectivity index (χ3n) is 4.87. The van der Waals surface area contributed by atoms with E-state index < -0.39 is 0 Å². The second-order valence-corrected chi connectivity index (χ2v) is 8.17. The van der Waals surface area contributed by atoms with Gasteiger partial charge < -0.3 is 4.90 Å². The van der Waals surface area contributed by atoms with Crippen LogP contribution in [0.4, 0.5) is 5.69 Å². The fourth-order valence-corrected chi connectivity index (χ4v) is 4.15. The molecule has 0 radical (unpaired) electrons. The van der Waals surface area contributed by atoms with Crippen LogP contribution in [0.25, 0.3) is 5.57 Å². The van der Waals surface area contributed by atoms with Gasteiger partial charge >= 0.3 is 0 Å². The number of carbonyl (C=O) groups is 1. The zero-order chi connectivity index (χ0) is 20.5. The Morgan fingerprint density at radius 1 is 1.21 bits per heavy atom. The molecule has 0 unspecified atom stereocenters. The van der Waals surface area contributed by atoms with Crippen LogP contribution in [-0.4, -0.2) is 24.2 Å². The Morgan fingerprint density at radius 2 is 1.96 bits per heavy atom. The largest absolute Gasteiger partial charge is 0.363 e. The quantitative estimate of drug-likeness (QED) is 0.507. The number of nitrogens with zero attached hydrogens (tertiary/aromatic N) is 2. The van der Waals surface area contributed by atoms with Crippen LogP contribution in [0, 0.1) is 0 Å². The van der Waals surface area contributed by atoms with Gasteiger partial charge in [0, 0.05) is 22.8 Å². The molecule has 0 bridgehead atoms. The molecule has 4 nitrogen and oxygen atoms in total. The van der Waals surface area contributed by atoms with Gasteiger partial charge in [-0.3, -0.25) is 4.79 Å². The Balaban J connectivity index is 1.79. The SMILES string of the molecule is CCN1c2ccc(/C=N\NC(=O)c3ccc(Cl)cc3Cl)cc2C(C)=CC1(C)C. The van der Waals surface area contributed by atoms with Crippen molar-refractivity contribution in [2.75, 3.05) is 11.4 Å². The Labute approximate surface area is 175 Å². The van der Waals surface area contributed by atoms with Crippen LogP contribution in [0.2, 0.25) is 10.0 Å². The van der Waals surface area contributed by atoms with Gasteiger partial charge in [0.2, 0.25) is 0 Å². The lowest BCUT2D eigenvalue weighted by molar-refractivity contribution is 0.0955. The molecule has 2 aromatic rings. The number of carbonyl (C=O) groups excluding carboxylic acids is 1. The molecule has 1 N–H and O–H groups in total. The number of hydrazone groups is 1. The zero-order valence-corrected chi connectivity index (χ0v) is 17.9. The smallest absolute Gasteiger partial charge is 0.272 e. The summed E-state index contributed by atoms with van der Waals surface area (Å²) in [6.45, 7) is 9.65. The Bertz CT molecular complexity index is 980. The van der Waals surface area contributed by atoms with E-state index in [0.29, 0.717) is 10.6 Å². The molecule has 6 heteroatoms. The van der Waals surface area contributed by atoms with Crippen LogP contribution in [0.1, 0.15) is 49.2 Å². The monoisotopic (exact) mass is 415 g/mol. The first kappa shape index (κ1) is 20.4. The Kier molecular flexibility index (Phi) is 5.82. The molecular weight excluding hydrogens is 393 g/mol. The van der Waals surface area contributed by atoms with Crippen molar-refractivity contribution in [2.24, 2.45) is 5.10 Å². The minimum atomic E-state index is -0.383.